The van der Waals surface area contributed by atoms with Gasteiger partial charge in [0.1, 0.15) is 0 Å². The molecule has 0 aliphatic carbocycles. The van der Waals surface area contributed by atoms with E-state index in [1.54, 1.807) is 6.20 Å². The molecule has 0 amide bonds. The lowest BCUT2D eigenvalue weighted by molar-refractivity contribution is 0.478. The minimum Gasteiger partial charge on any atom is -0.365 e. The number of hydrogen-bond acceptors (Lipinski definition) is 1. The molecule has 0 aliphatic rings. The Bertz CT molecular complexity index is 137. The zero-order chi connectivity index (χ0) is 8.20. The molecule has 0 saturated carbocycles. The molecule has 10 heavy (non-hydrogen) atoms. The minimum atomic E-state index is 0.197. The van der Waals surface area contributed by atoms with Crippen LogP contribution < -0.4 is 5.32 Å². The van der Waals surface area contributed by atoms with E-state index < -0.39 is 0 Å². The summed E-state index contributed by atoms with van der Waals surface area (Å²) in [6.07, 6.45) is 3.78. The molecule has 0 aromatic carbocycles. The zero-order valence-corrected chi connectivity index (χ0v) is 7.36. The van der Waals surface area contributed by atoms with Crippen molar-refractivity contribution in [1.29, 1.82) is 0 Å². The molecule has 58 valence electrons. The first-order valence-corrected chi connectivity index (χ1v) is 3.56. The predicted octanol–water partition coefficient (Wildman–Crippen LogP) is 2.67. The van der Waals surface area contributed by atoms with Crippen LogP contribution in [-0.2, 0) is 0 Å². The Morgan fingerprint density at radius 2 is 1.90 bits per heavy atom. The van der Waals surface area contributed by atoms with Crippen LogP contribution in [0.5, 0.6) is 0 Å². The van der Waals surface area contributed by atoms with Crippen LogP contribution in [0.2, 0.25) is 0 Å². The van der Waals surface area contributed by atoms with Gasteiger partial charge >= 0.3 is 0 Å². The molecule has 0 spiro atoms. The van der Waals surface area contributed by atoms with Crippen LogP contribution in [-0.4, -0.2) is 0 Å². The van der Waals surface area contributed by atoms with Gasteiger partial charge in [0.25, 0.3) is 0 Å². The Morgan fingerprint density at radius 3 is 2.00 bits per heavy atom. The van der Waals surface area contributed by atoms with Gasteiger partial charge in [-0.05, 0) is 13.1 Å². The minimum absolute atomic E-state index is 0.197. The quantitative estimate of drug-likeness (QED) is 0.620. The summed E-state index contributed by atoms with van der Waals surface area (Å²) in [6.45, 7) is 12.1. The topological polar surface area (TPSA) is 12.0 Å². The Kier molecular flexibility index (Phi) is 3.20. The maximum absolute atomic E-state index is 3.61. The predicted molar refractivity (Wildman–Crippen MR) is 46.5 cm³/mol. The molecule has 0 unspecified atom stereocenters. The molecule has 0 radical (unpaired) electrons. The van der Waals surface area contributed by atoms with Crippen molar-refractivity contribution < 1.29 is 0 Å². The molecule has 0 aliphatic heterocycles. The van der Waals surface area contributed by atoms with Crippen molar-refractivity contribution in [3.05, 3.63) is 24.6 Å². The van der Waals surface area contributed by atoms with E-state index in [0.717, 1.165) is 0 Å². The van der Waals surface area contributed by atoms with Gasteiger partial charge in [-0.25, -0.2) is 0 Å². The Labute approximate surface area is 63.8 Å². The van der Waals surface area contributed by atoms with Crippen molar-refractivity contribution in [3.63, 3.8) is 0 Å². The van der Waals surface area contributed by atoms with Crippen molar-refractivity contribution in [3.8, 4) is 0 Å². The molecule has 0 heterocycles. The van der Waals surface area contributed by atoms with Crippen molar-refractivity contribution >= 4 is 0 Å². The Hall–Kier alpha value is -0.720. The summed E-state index contributed by atoms with van der Waals surface area (Å²) < 4.78 is 0. The molecule has 1 nitrogen and oxygen atoms in total. The van der Waals surface area contributed by atoms with Crippen LogP contribution in [0.1, 0.15) is 27.7 Å². The van der Waals surface area contributed by atoms with E-state index in [-0.39, 0.29) is 5.41 Å². The molecule has 0 bridgehead atoms. The van der Waals surface area contributed by atoms with Crippen LogP contribution in [0.15, 0.2) is 24.6 Å². The van der Waals surface area contributed by atoms with Crippen molar-refractivity contribution in [1.82, 2.24) is 5.32 Å². The summed E-state index contributed by atoms with van der Waals surface area (Å²) in [7, 11) is 0. The van der Waals surface area contributed by atoms with E-state index >= 15 is 0 Å². The summed E-state index contributed by atoms with van der Waals surface area (Å²) in [5.74, 6) is 0. The van der Waals surface area contributed by atoms with E-state index in [4.69, 9.17) is 0 Å². The first kappa shape index (κ1) is 9.28. The monoisotopic (exact) mass is 139 g/mol. The molecule has 0 rings (SSSR count). The molecule has 1 N–H and O–H groups in total. The van der Waals surface area contributed by atoms with Gasteiger partial charge in [0.2, 0.25) is 0 Å². The van der Waals surface area contributed by atoms with Gasteiger partial charge in [0.15, 0.2) is 0 Å². The van der Waals surface area contributed by atoms with E-state index in [9.17, 15) is 0 Å². The summed E-state index contributed by atoms with van der Waals surface area (Å²) in [5.41, 5.74) is 1.41. The summed E-state index contributed by atoms with van der Waals surface area (Å²) in [6, 6.07) is 0. The number of nitrogens with one attached hydrogen (secondary N) is 1. The normalized spacial score (nSPS) is 13.0. The average molecular weight is 139 g/mol. The van der Waals surface area contributed by atoms with Gasteiger partial charge in [-0.3, -0.25) is 0 Å². The molecular formula is C9H17N. The third kappa shape index (κ3) is 2.72. The summed E-state index contributed by atoms with van der Waals surface area (Å²) >= 11 is 0. The first-order chi connectivity index (χ1) is 4.52. The molecule has 1 heteroatoms. The summed E-state index contributed by atoms with van der Waals surface area (Å²) in [4.78, 5) is 0. The fourth-order valence-corrected chi connectivity index (χ4v) is 0.843. The highest BCUT2D eigenvalue weighted by atomic mass is 14.9. The van der Waals surface area contributed by atoms with E-state index in [2.05, 4.69) is 38.7 Å². The molecule has 0 aromatic rings. The molecule has 0 saturated heterocycles. The van der Waals surface area contributed by atoms with E-state index in [1.807, 2.05) is 6.92 Å². The lowest BCUT2D eigenvalue weighted by Crippen LogP contribution is -2.19. The van der Waals surface area contributed by atoms with Crippen molar-refractivity contribution in [2.45, 2.75) is 27.7 Å². The van der Waals surface area contributed by atoms with E-state index in [0.29, 0.717) is 0 Å². The highest BCUT2D eigenvalue weighted by Crippen LogP contribution is 2.22. The van der Waals surface area contributed by atoms with Gasteiger partial charge in [-0.2, -0.15) is 0 Å². The third-order valence-electron chi connectivity index (χ3n) is 1.35. The van der Waals surface area contributed by atoms with Gasteiger partial charge in [0, 0.05) is 11.1 Å². The second-order valence-electron chi connectivity index (χ2n) is 3.30. The van der Waals surface area contributed by atoms with Gasteiger partial charge in [-0.15, -0.1) is 0 Å². The number of allylic oxidation sites excluding steroid dienone is 2. The first-order valence-electron chi connectivity index (χ1n) is 3.56. The largest absolute Gasteiger partial charge is 0.365 e. The standard InChI is InChI=1S/C9H17N/c1-6-8(10-7-2)9(3,4)5/h6-7,10H,2H2,1,3-5H3/b8-6-. The van der Waals surface area contributed by atoms with E-state index in [1.165, 1.54) is 5.70 Å². The lowest BCUT2D eigenvalue weighted by Gasteiger charge is -2.22. The highest BCUT2D eigenvalue weighted by molar-refractivity contribution is 5.09. The molecule has 0 aromatic heterocycles. The molecule has 0 fully saturated rings. The van der Waals surface area contributed by atoms with Crippen LogP contribution in [0, 0.1) is 5.41 Å². The summed E-state index contributed by atoms with van der Waals surface area (Å²) in [5, 5.41) is 3.10. The highest BCUT2D eigenvalue weighted by Gasteiger charge is 2.13. The fourth-order valence-electron chi connectivity index (χ4n) is 0.843. The smallest absolute Gasteiger partial charge is 0.0157 e. The van der Waals surface area contributed by atoms with Crippen LogP contribution in [0.25, 0.3) is 0 Å². The molecular weight excluding hydrogens is 122 g/mol. The van der Waals surface area contributed by atoms with Crippen molar-refractivity contribution in [2.24, 2.45) is 5.41 Å². The molecule has 0 atom stereocenters. The van der Waals surface area contributed by atoms with Crippen LogP contribution in [0.3, 0.4) is 0 Å². The zero-order valence-electron chi connectivity index (χ0n) is 7.36. The maximum atomic E-state index is 3.61. The van der Waals surface area contributed by atoms with Crippen LogP contribution >= 0.6 is 0 Å². The maximum Gasteiger partial charge on any atom is 0.0157 e. The number of hydrogen-bond donors (Lipinski definition) is 1. The Morgan fingerprint density at radius 1 is 1.40 bits per heavy atom. The lowest BCUT2D eigenvalue weighted by atomic mass is 9.92. The second kappa shape index (κ2) is 3.45. The van der Waals surface area contributed by atoms with Gasteiger partial charge < -0.3 is 5.32 Å². The second-order valence-corrected chi connectivity index (χ2v) is 3.30. The third-order valence-corrected chi connectivity index (χ3v) is 1.35. The Balaban J connectivity index is 4.23. The average Bonchev–Trinajstić information content (AvgIpc) is 1.80. The van der Waals surface area contributed by atoms with Crippen molar-refractivity contribution in [2.75, 3.05) is 0 Å². The fraction of sp³-hybridized carbons (Fsp3) is 0.556. The SMILES string of the molecule is C=CN/C(=C\C)C(C)(C)C. The van der Waals surface area contributed by atoms with Gasteiger partial charge in [-0.1, -0.05) is 33.4 Å². The number of rotatable bonds is 2. The van der Waals surface area contributed by atoms with Crippen LogP contribution in [0.4, 0.5) is 0 Å². The van der Waals surface area contributed by atoms with Gasteiger partial charge in [0.05, 0.1) is 0 Å².